The Bertz CT molecular complexity index is 2500. The fourth-order valence-corrected chi connectivity index (χ4v) is 21.8. The van der Waals surface area contributed by atoms with Crippen LogP contribution in [-0.2, 0) is 47.7 Å². The molecule has 0 radical (unpaired) electrons. The van der Waals surface area contributed by atoms with Crippen molar-refractivity contribution in [2.75, 3.05) is 0 Å². The second-order valence-corrected chi connectivity index (χ2v) is 37.2. The van der Waals surface area contributed by atoms with Gasteiger partial charge in [0.05, 0.1) is 27.1 Å². The van der Waals surface area contributed by atoms with Crippen LogP contribution in [0.5, 0.6) is 0 Å². The second-order valence-electron chi connectivity index (χ2n) is 37.2. The highest BCUT2D eigenvalue weighted by molar-refractivity contribution is 5.78. The minimum atomic E-state index is -0.345. The van der Waals surface area contributed by atoms with Gasteiger partial charge >= 0.3 is 29.8 Å². The van der Waals surface area contributed by atoms with Crippen LogP contribution in [0.3, 0.4) is 0 Å². The maximum absolute atomic E-state index is 12.4. The molecule has 15 aliphatic carbocycles. The van der Waals surface area contributed by atoms with Gasteiger partial charge in [0, 0.05) is 5.41 Å². The average Bonchev–Trinajstić information content (AvgIpc) is 1.61. The first-order chi connectivity index (χ1) is 41.6. The van der Waals surface area contributed by atoms with E-state index < -0.39 is 0 Å². The number of ether oxygens (including phenoxy) is 5. The van der Waals surface area contributed by atoms with E-state index in [0.717, 1.165) is 148 Å². The summed E-state index contributed by atoms with van der Waals surface area (Å²) in [6.07, 6.45) is 35.0. The molecule has 18 unspecified atom stereocenters. The summed E-state index contributed by atoms with van der Waals surface area (Å²) >= 11 is 0. The van der Waals surface area contributed by atoms with Crippen molar-refractivity contribution in [2.45, 2.75) is 349 Å². The zero-order valence-electron chi connectivity index (χ0n) is 59.9. The summed E-state index contributed by atoms with van der Waals surface area (Å²) in [5, 5.41) is 0. The van der Waals surface area contributed by atoms with E-state index >= 15 is 0 Å². The third-order valence-corrected chi connectivity index (χ3v) is 29.9. The topological polar surface area (TPSA) is 132 Å². The van der Waals surface area contributed by atoms with Gasteiger partial charge in [-0.15, -0.1) is 0 Å². The number of fused-ring (bicyclic) bond motifs is 18. The molecule has 0 N–H and O–H groups in total. The van der Waals surface area contributed by atoms with Crippen molar-refractivity contribution in [2.24, 2.45) is 133 Å². The highest BCUT2D eigenvalue weighted by atomic mass is 16.6. The molecule has 15 aliphatic rings. The van der Waals surface area contributed by atoms with E-state index in [1.807, 2.05) is 83.1 Å². The third-order valence-electron chi connectivity index (χ3n) is 29.9. The lowest BCUT2D eigenvalue weighted by molar-refractivity contribution is -0.196. The van der Waals surface area contributed by atoms with Crippen LogP contribution in [0, 0.1) is 133 Å². The van der Waals surface area contributed by atoms with E-state index in [1.54, 1.807) is 0 Å². The van der Waals surface area contributed by atoms with E-state index in [0.29, 0.717) is 23.2 Å². The molecule has 91 heavy (non-hydrogen) atoms. The summed E-state index contributed by atoms with van der Waals surface area (Å²) in [7, 11) is 0. The van der Waals surface area contributed by atoms with Crippen molar-refractivity contribution in [3.05, 3.63) is 0 Å². The van der Waals surface area contributed by atoms with Gasteiger partial charge in [0.25, 0.3) is 0 Å². The van der Waals surface area contributed by atoms with Crippen molar-refractivity contribution in [1.82, 2.24) is 0 Å². The van der Waals surface area contributed by atoms with Crippen molar-refractivity contribution in [3.8, 4) is 0 Å². The quantitative estimate of drug-likeness (QED) is 0.0887. The van der Waals surface area contributed by atoms with Gasteiger partial charge in [0.2, 0.25) is 0 Å². The van der Waals surface area contributed by atoms with Crippen LogP contribution >= 0.6 is 0 Å². The minimum absolute atomic E-state index is 0. The predicted octanol–water partition coefficient (Wildman–Crippen LogP) is 20.4. The maximum atomic E-state index is 12.4. The fraction of sp³-hybridized carbons (Fsp3) is 0.938. The summed E-state index contributed by atoms with van der Waals surface area (Å²) in [6, 6.07) is 0. The zero-order valence-corrected chi connectivity index (χ0v) is 59.9. The summed E-state index contributed by atoms with van der Waals surface area (Å²) in [4.78, 5) is 61.1. The molecule has 0 saturated heterocycles. The van der Waals surface area contributed by atoms with Crippen LogP contribution in [0.2, 0.25) is 0 Å². The monoisotopic (exact) mass is 1270 g/mol. The van der Waals surface area contributed by atoms with Gasteiger partial charge in [-0.2, -0.15) is 0 Å². The molecule has 14 bridgehead atoms. The van der Waals surface area contributed by atoms with Crippen LogP contribution in [0.1, 0.15) is 319 Å². The molecule has 15 fully saturated rings. The van der Waals surface area contributed by atoms with E-state index in [1.165, 1.54) is 109 Å². The van der Waals surface area contributed by atoms with E-state index in [9.17, 15) is 24.0 Å². The van der Waals surface area contributed by atoms with Crippen LogP contribution in [0.4, 0.5) is 0 Å². The standard InChI is InChI=1S/C18H28O2.2C16H26O2.C16H28O2.C13H22O2.2CH4/c1-4-18(2,3)17(19)20-14-9-12-8-13(14)16-11-6-5-10(7-11)15(12)16;1-4-15(2,3)14(17)18-16-8-11-5-12(9-16)7-13(6-11)10-16;1-4-16(2,3)15(17)18-14-9-10-8-13(14)12-7-5-6-11(10)12;1-7-14(2,3)13(17)18-12-10-11-8-9-16(12,6)15(11,4)5;1-4-13(2,3)12(14)15-11-8-9-5-6-10(11)7-9;;/h10-16H,4-9H2,1-3H3;11-13H,4-10H2,1-3H3;10-14H,4-9H2,1-3H3;11-12H,7-10H2,1-6H3;9-11H,4-8H2,1-3H3;2*1H4. The Morgan fingerprint density at radius 2 is 0.813 bits per heavy atom. The van der Waals surface area contributed by atoms with E-state index in [4.69, 9.17) is 23.7 Å². The Morgan fingerprint density at radius 3 is 1.27 bits per heavy atom. The van der Waals surface area contributed by atoms with Crippen molar-refractivity contribution in [1.29, 1.82) is 0 Å². The van der Waals surface area contributed by atoms with E-state index in [-0.39, 0.29) is 107 Å². The van der Waals surface area contributed by atoms with Crippen molar-refractivity contribution >= 4 is 29.8 Å². The third kappa shape index (κ3) is 14.5. The molecule has 10 nitrogen and oxygen atoms in total. The molecule has 0 aromatic rings. The molecule has 0 heterocycles. The second kappa shape index (κ2) is 27.7. The van der Waals surface area contributed by atoms with Crippen molar-refractivity contribution in [3.63, 3.8) is 0 Å². The summed E-state index contributed by atoms with van der Waals surface area (Å²) in [5.74, 6) is 13.8. The molecular weight excluding hydrogens is 1130 g/mol. The van der Waals surface area contributed by atoms with Gasteiger partial charge in [-0.3, -0.25) is 24.0 Å². The maximum Gasteiger partial charge on any atom is 0.312 e. The first-order valence-corrected chi connectivity index (χ1v) is 37.7. The normalized spacial score (nSPS) is 40.5. The van der Waals surface area contributed by atoms with Crippen LogP contribution in [0.25, 0.3) is 0 Å². The van der Waals surface area contributed by atoms with Gasteiger partial charge in [0.15, 0.2) is 0 Å². The lowest BCUT2D eigenvalue weighted by atomic mass is 9.54. The Balaban J connectivity index is 0.000000146. The average molecular weight is 1270 g/mol. The molecule has 0 aliphatic heterocycles. The first-order valence-electron chi connectivity index (χ1n) is 37.7. The Labute approximate surface area is 556 Å². The number of rotatable bonds is 15. The van der Waals surface area contributed by atoms with Gasteiger partial charge in [-0.05, 0) is 343 Å². The number of carbonyl (C=O) groups excluding carboxylic acids is 5. The van der Waals surface area contributed by atoms with Gasteiger partial charge in [0.1, 0.15) is 30.0 Å². The first kappa shape index (κ1) is 74.1. The van der Waals surface area contributed by atoms with Gasteiger partial charge in [-0.25, -0.2) is 0 Å². The Kier molecular flexibility index (Phi) is 22.6. The molecule has 0 amide bonds. The molecule has 0 aromatic heterocycles. The van der Waals surface area contributed by atoms with Crippen LogP contribution < -0.4 is 0 Å². The molecule has 522 valence electrons. The Morgan fingerprint density at radius 1 is 0.374 bits per heavy atom. The number of hydrogen-bond acceptors (Lipinski definition) is 10. The molecule has 15 rings (SSSR count). The highest BCUT2D eigenvalue weighted by Gasteiger charge is 2.65. The summed E-state index contributed by atoms with van der Waals surface area (Å²) in [6.45, 7) is 37.3. The summed E-state index contributed by atoms with van der Waals surface area (Å²) < 4.78 is 29.5. The van der Waals surface area contributed by atoms with Crippen molar-refractivity contribution < 1.29 is 47.7 Å². The predicted molar refractivity (Wildman–Crippen MR) is 366 cm³/mol. The molecule has 0 spiro atoms. The smallest absolute Gasteiger partial charge is 0.312 e. The number of carbonyl (C=O) groups is 5. The number of esters is 5. The Hall–Kier alpha value is -2.65. The largest absolute Gasteiger partial charge is 0.462 e. The molecule has 0 aromatic carbocycles. The van der Waals surface area contributed by atoms with Gasteiger partial charge in [-0.1, -0.05) is 76.7 Å². The minimum Gasteiger partial charge on any atom is -0.462 e. The molecule has 18 atom stereocenters. The van der Waals surface area contributed by atoms with Crippen LogP contribution in [0.15, 0.2) is 0 Å². The van der Waals surface area contributed by atoms with E-state index in [2.05, 4.69) is 41.5 Å². The SMILES string of the molecule is C.C.CCC(C)(C)C(=O)OC12CC3CC(CC(C3)C1)C2.CCC(C)(C)C(=O)OC1CC2CC1C1C3CCC(C3)C21.CCC(C)(C)C(=O)OC1CC2CC1C1CCCC21.CCC(C)(C)C(=O)OC1CC2CCC1(C)C2(C)C.CCC(C)(C)C(=O)OC1CC2CCC1C2. The molecule has 10 heteroatoms. The molecule has 15 saturated carbocycles. The highest BCUT2D eigenvalue weighted by Crippen LogP contribution is 2.69. The van der Waals surface area contributed by atoms with Gasteiger partial charge < -0.3 is 23.7 Å². The fourth-order valence-electron chi connectivity index (χ4n) is 21.8. The molecular formula is C81H138O10. The number of hydrogen-bond donors (Lipinski definition) is 0. The van der Waals surface area contributed by atoms with Crippen LogP contribution in [-0.4, -0.2) is 59.9 Å². The zero-order chi connectivity index (χ0) is 64.8. The summed E-state index contributed by atoms with van der Waals surface area (Å²) in [5.41, 5.74) is -1.16. The lowest BCUT2D eigenvalue weighted by Crippen LogP contribution is -2.53. The lowest BCUT2D eigenvalue weighted by Gasteiger charge is -2.56.